The summed E-state index contributed by atoms with van der Waals surface area (Å²) >= 11 is 0. The Bertz CT molecular complexity index is 1000. The molecule has 106 valence electrons. The molecule has 0 amide bonds. The van der Waals surface area contributed by atoms with E-state index in [-0.39, 0.29) is 0 Å². The Morgan fingerprint density at radius 2 is 1.64 bits per heavy atom. The fraction of sp³-hybridized carbons (Fsp3) is 0.100. The Labute approximate surface area is 129 Å². The standard InChI is InChI=1S/C20H16N2/c1-13-7-8-14(2)18(11-13)20-17-10-9-15-5-3-4-6-16(15)19(17)21-12-22-20/h3-12H,1-2H3. The predicted molar refractivity (Wildman–Crippen MR) is 92.0 cm³/mol. The molecule has 0 saturated heterocycles. The maximum absolute atomic E-state index is 4.57. The molecule has 2 heteroatoms. The van der Waals surface area contributed by atoms with Gasteiger partial charge in [0, 0.05) is 16.3 Å². The summed E-state index contributed by atoms with van der Waals surface area (Å²) in [6.07, 6.45) is 1.67. The van der Waals surface area contributed by atoms with Crippen molar-refractivity contribution in [1.29, 1.82) is 0 Å². The van der Waals surface area contributed by atoms with Gasteiger partial charge in [0.15, 0.2) is 0 Å². The van der Waals surface area contributed by atoms with Crippen molar-refractivity contribution in [3.05, 3.63) is 72.1 Å². The molecule has 0 unspecified atom stereocenters. The Morgan fingerprint density at radius 3 is 2.55 bits per heavy atom. The van der Waals surface area contributed by atoms with Crippen LogP contribution in [0.3, 0.4) is 0 Å². The van der Waals surface area contributed by atoms with E-state index in [9.17, 15) is 0 Å². The highest BCUT2D eigenvalue weighted by molar-refractivity contribution is 6.09. The van der Waals surface area contributed by atoms with Crippen LogP contribution in [0.25, 0.3) is 32.9 Å². The lowest BCUT2D eigenvalue weighted by atomic mass is 9.98. The quantitative estimate of drug-likeness (QED) is 0.456. The molecule has 0 saturated carbocycles. The van der Waals surface area contributed by atoms with Crippen LogP contribution in [0.4, 0.5) is 0 Å². The van der Waals surface area contributed by atoms with Crippen LogP contribution in [-0.4, -0.2) is 9.97 Å². The number of nitrogens with zero attached hydrogens (tertiary/aromatic N) is 2. The van der Waals surface area contributed by atoms with Gasteiger partial charge < -0.3 is 0 Å². The average molecular weight is 284 g/mol. The van der Waals surface area contributed by atoms with E-state index in [1.54, 1.807) is 6.33 Å². The Balaban J connectivity index is 2.11. The van der Waals surface area contributed by atoms with Crippen molar-refractivity contribution in [2.75, 3.05) is 0 Å². The van der Waals surface area contributed by atoms with Crippen LogP contribution in [0.5, 0.6) is 0 Å². The lowest BCUT2D eigenvalue weighted by Crippen LogP contribution is -1.92. The highest BCUT2D eigenvalue weighted by Gasteiger charge is 2.11. The molecule has 0 aliphatic carbocycles. The van der Waals surface area contributed by atoms with Crippen LogP contribution >= 0.6 is 0 Å². The SMILES string of the molecule is Cc1ccc(C)c(-c2ncnc3c2ccc2ccccc23)c1. The van der Waals surface area contributed by atoms with Gasteiger partial charge in [-0.05, 0) is 36.9 Å². The van der Waals surface area contributed by atoms with Crippen molar-refractivity contribution >= 4 is 21.7 Å². The molecule has 0 radical (unpaired) electrons. The molecule has 0 N–H and O–H groups in total. The summed E-state index contributed by atoms with van der Waals surface area (Å²) in [6.45, 7) is 4.24. The van der Waals surface area contributed by atoms with E-state index >= 15 is 0 Å². The zero-order chi connectivity index (χ0) is 15.1. The number of fused-ring (bicyclic) bond motifs is 3. The van der Waals surface area contributed by atoms with Gasteiger partial charge in [-0.3, -0.25) is 0 Å². The number of aryl methyl sites for hydroxylation is 2. The van der Waals surface area contributed by atoms with Crippen molar-refractivity contribution in [2.24, 2.45) is 0 Å². The Kier molecular flexibility index (Phi) is 2.90. The second-order valence-corrected chi connectivity index (χ2v) is 5.72. The summed E-state index contributed by atoms with van der Waals surface area (Å²) < 4.78 is 0. The van der Waals surface area contributed by atoms with Crippen molar-refractivity contribution in [3.8, 4) is 11.3 Å². The van der Waals surface area contributed by atoms with Gasteiger partial charge in [0.1, 0.15) is 6.33 Å². The molecule has 3 aromatic carbocycles. The summed E-state index contributed by atoms with van der Waals surface area (Å²) in [6, 6.07) is 19.1. The first-order valence-corrected chi connectivity index (χ1v) is 7.44. The molecular formula is C20H16N2. The summed E-state index contributed by atoms with van der Waals surface area (Å²) in [5.74, 6) is 0. The van der Waals surface area contributed by atoms with E-state index in [1.165, 1.54) is 27.5 Å². The number of aromatic nitrogens is 2. The van der Waals surface area contributed by atoms with Gasteiger partial charge >= 0.3 is 0 Å². The average Bonchev–Trinajstić information content (AvgIpc) is 2.56. The smallest absolute Gasteiger partial charge is 0.116 e. The molecule has 4 aromatic rings. The van der Waals surface area contributed by atoms with Crippen LogP contribution in [0.1, 0.15) is 11.1 Å². The second-order valence-electron chi connectivity index (χ2n) is 5.72. The summed E-state index contributed by atoms with van der Waals surface area (Å²) in [5.41, 5.74) is 5.69. The zero-order valence-corrected chi connectivity index (χ0v) is 12.7. The number of hydrogen-bond donors (Lipinski definition) is 0. The zero-order valence-electron chi connectivity index (χ0n) is 12.7. The first kappa shape index (κ1) is 13.0. The van der Waals surface area contributed by atoms with E-state index < -0.39 is 0 Å². The Hall–Kier alpha value is -2.74. The molecule has 2 nitrogen and oxygen atoms in total. The molecule has 1 aromatic heterocycles. The molecule has 1 heterocycles. The van der Waals surface area contributed by atoms with Gasteiger partial charge in [0.2, 0.25) is 0 Å². The first-order chi connectivity index (χ1) is 10.7. The van der Waals surface area contributed by atoms with Gasteiger partial charge in [-0.2, -0.15) is 0 Å². The highest BCUT2D eigenvalue weighted by Crippen LogP contribution is 2.32. The lowest BCUT2D eigenvalue weighted by Gasteiger charge is -2.10. The van der Waals surface area contributed by atoms with Crippen molar-refractivity contribution in [2.45, 2.75) is 13.8 Å². The van der Waals surface area contributed by atoms with Crippen LogP contribution in [0.2, 0.25) is 0 Å². The largest absolute Gasteiger partial charge is 0.236 e. The van der Waals surface area contributed by atoms with Gasteiger partial charge in [-0.1, -0.05) is 48.0 Å². The van der Waals surface area contributed by atoms with E-state index in [2.05, 4.69) is 78.4 Å². The van der Waals surface area contributed by atoms with Crippen molar-refractivity contribution in [3.63, 3.8) is 0 Å². The molecule has 0 spiro atoms. The lowest BCUT2D eigenvalue weighted by molar-refractivity contribution is 1.22. The molecule has 0 atom stereocenters. The highest BCUT2D eigenvalue weighted by atomic mass is 14.8. The van der Waals surface area contributed by atoms with Gasteiger partial charge in [-0.25, -0.2) is 9.97 Å². The molecular weight excluding hydrogens is 268 g/mol. The van der Waals surface area contributed by atoms with Crippen molar-refractivity contribution in [1.82, 2.24) is 9.97 Å². The number of rotatable bonds is 1. The maximum Gasteiger partial charge on any atom is 0.116 e. The summed E-state index contributed by atoms with van der Waals surface area (Å²) in [7, 11) is 0. The topological polar surface area (TPSA) is 25.8 Å². The van der Waals surface area contributed by atoms with E-state index in [4.69, 9.17) is 0 Å². The third-order valence-corrected chi connectivity index (χ3v) is 4.18. The van der Waals surface area contributed by atoms with E-state index in [1.807, 2.05) is 0 Å². The summed E-state index contributed by atoms with van der Waals surface area (Å²) in [4.78, 5) is 9.11. The third-order valence-electron chi connectivity index (χ3n) is 4.18. The monoisotopic (exact) mass is 284 g/mol. The molecule has 0 fully saturated rings. The molecule has 0 bridgehead atoms. The minimum absolute atomic E-state index is 1.01. The van der Waals surface area contributed by atoms with E-state index in [0.717, 1.165) is 16.6 Å². The number of benzene rings is 3. The maximum atomic E-state index is 4.57. The minimum atomic E-state index is 1.01. The van der Waals surface area contributed by atoms with Crippen LogP contribution in [0, 0.1) is 13.8 Å². The fourth-order valence-corrected chi connectivity index (χ4v) is 3.00. The molecule has 0 aliphatic rings. The van der Waals surface area contributed by atoms with Gasteiger partial charge in [-0.15, -0.1) is 0 Å². The molecule has 4 rings (SSSR count). The fourth-order valence-electron chi connectivity index (χ4n) is 3.00. The van der Waals surface area contributed by atoms with Gasteiger partial charge in [0.25, 0.3) is 0 Å². The molecule has 0 aliphatic heterocycles. The van der Waals surface area contributed by atoms with Crippen LogP contribution in [0.15, 0.2) is 60.9 Å². The number of hydrogen-bond acceptors (Lipinski definition) is 2. The van der Waals surface area contributed by atoms with Crippen LogP contribution < -0.4 is 0 Å². The molecule has 22 heavy (non-hydrogen) atoms. The Morgan fingerprint density at radius 1 is 0.773 bits per heavy atom. The van der Waals surface area contributed by atoms with Crippen LogP contribution in [-0.2, 0) is 0 Å². The van der Waals surface area contributed by atoms with E-state index in [0.29, 0.717) is 0 Å². The first-order valence-electron chi connectivity index (χ1n) is 7.44. The van der Waals surface area contributed by atoms with Gasteiger partial charge in [0.05, 0.1) is 11.2 Å². The predicted octanol–water partition coefficient (Wildman–Crippen LogP) is 5.07. The van der Waals surface area contributed by atoms with Crippen molar-refractivity contribution < 1.29 is 0 Å². The normalized spacial score (nSPS) is 11.2. The second kappa shape index (κ2) is 4.92. The third kappa shape index (κ3) is 1.96. The summed E-state index contributed by atoms with van der Waals surface area (Å²) in [5, 5.41) is 3.49. The minimum Gasteiger partial charge on any atom is -0.236 e.